The predicted octanol–water partition coefficient (Wildman–Crippen LogP) is 6.21. The van der Waals surface area contributed by atoms with Crippen molar-refractivity contribution in [2.24, 2.45) is 5.92 Å². The first-order valence-electron chi connectivity index (χ1n) is 12.2. The molecule has 0 N–H and O–H groups in total. The normalized spacial score (nSPS) is 23.1. The molecule has 0 radical (unpaired) electrons. The zero-order chi connectivity index (χ0) is 24.0. The highest BCUT2D eigenvalue weighted by atomic mass is 35.5. The summed E-state index contributed by atoms with van der Waals surface area (Å²) in [6.07, 6.45) is 6.14. The van der Waals surface area contributed by atoms with Gasteiger partial charge in [0, 0.05) is 6.54 Å². The van der Waals surface area contributed by atoms with Gasteiger partial charge in [-0.3, -0.25) is 4.90 Å². The Morgan fingerprint density at radius 3 is 2.69 bits per heavy atom. The lowest BCUT2D eigenvalue weighted by atomic mass is 10.1. The fraction of sp³-hybridized carbons (Fsp3) is 0.407. The molecule has 1 saturated heterocycles. The van der Waals surface area contributed by atoms with E-state index < -0.39 is 11.5 Å². The SMILES string of the molecule is O=C(OCc1ccccc1)N1C[C@H]2CC[C@]1(OCc1c(C3CC3)cnn1-c1c(F)cccc1Cl)C2. The van der Waals surface area contributed by atoms with Crippen LogP contribution in [0, 0.1) is 11.7 Å². The standard InChI is InChI=1S/C27H27ClFN3O3/c28-22-7-4-8-23(29)25(22)32-24(21(14-30-32)20-9-10-20)17-35-27-12-11-19(13-27)15-31(27)26(33)34-16-18-5-2-1-3-6-18/h1-8,14,19-20H,9-13,15-17H2/t19-,27-/m0/s1. The second-order valence-electron chi connectivity index (χ2n) is 9.80. The van der Waals surface area contributed by atoms with E-state index in [-0.39, 0.29) is 25.0 Å². The Hall–Kier alpha value is -2.90. The van der Waals surface area contributed by atoms with Crippen LogP contribution in [-0.2, 0) is 22.7 Å². The Bertz CT molecular complexity index is 1230. The number of hydrogen-bond donors (Lipinski definition) is 0. The molecule has 0 unspecified atom stereocenters. The van der Waals surface area contributed by atoms with Crippen molar-refractivity contribution in [2.45, 2.75) is 57.0 Å². The molecule has 8 heteroatoms. The summed E-state index contributed by atoms with van der Waals surface area (Å²) in [5.74, 6) is 0.362. The maximum atomic E-state index is 14.8. The molecule has 3 fully saturated rings. The highest BCUT2D eigenvalue weighted by Crippen LogP contribution is 2.49. The van der Waals surface area contributed by atoms with Gasteiger partial charge in [0.1, 0.15) is 23.8 Å². The quantitative estimate of drug-likeness (QED) is 0.391. The van der Waals surface area contributed by atoms with E-state index in [1.54, 1.807) is 27.9 Å². The van der Waals surface area contributed by atoms with Gasteiger partial charge in [0.25, 0.3) is 0 Å². The third-order valence-corrected chi connectivity index (χ3v) is 7.76. The van der Waals surface area contributed by atoms with Gasteiger partial charge in [-0.2, -0.15) is 5.10 Å². The molecule has 2 saturated carbocycles. The number of rotatable bonds is 7. The molecule has 2 aliphatic carbocycles. The summed E-state index contributed by atoms with van der Waals surface area (Å²) in [6, 6.07) is 14.3. The number of nitrogens with zero attached hydrogens (tertiary/aromatic N) is 3. The minimum atomic E-state index is -0.715. The highest BCUT2D eigenvalue weighted by Gasteiger charge is 2.54. The van der Waals surface area contributed by atoms with Crippen LogP contribution < -0.4 is 0 Å². The van der Waals surface area contributed by atoms with Gasteiger partial charge < -0.3 is 9.47 Å². The molecule has 1 amide bonds. The summed E-state index contributed by atoms with van der Waals surface area (Å²) < 4.78 is 28.6. The number of likely N-dealkylation sites (tertiary alicyclic amines) is 1. The van der Waals surface area contributed by atoms with Crippen LogP contribution in [0.4, 0.5) is 9.18 Å². The summed E-state index contributed by atoms with van der Waals surface area (Å²) in [5.41, 5.74) is 2.31. The maximum absolute atomic E-state index is 14.8. The summed E-state index contributed by atoms with van der Waals surface area (Å²) in [4.78, 5) is 14.8. The maximum Gasteiger partial charge on any atom is 0.412 e. The van der Waals surface area contributed by atoms with E-state index in [1.807, 2.05) is 30.3 Å². The number of fused-ring (bicyclic) bond motifs is 2. The minimum absolute atomic E-state index is 0.214. The molecule has 1 aromatic heterocycles. The average molecular weight is 496 g/mol. The molecule has 2 heterocycles. The van der Waals surface area contributed by atoms with E-state index in [0.717, 1.165) is 48.9 Å². The van der Waals surface area contributed by atoms with Crippen LogP contribution in [0.15, 0.2) is 54.7 Å². The molecule has 2 atom stereocenters. The van der Waals surface area contributed by atoms with Gasteiger partial charge in [0.15, 0.2) is 0 Å². The second kappa shape index (κ2) is 8.95. The van der Waals surface area contributed by atoms with E-state index in [1.165, 1.54) is 6.07 Å². The lowest BCUT2D eigenvalue weighted by Gasteiger charge is -2.37. The highest BCUT2D eigenvalue weighted by molar-refractivity contribution is 6.32. The lowest BCUT2D eigenvalue weighted by Crippen LogP contribution is -2.50. The zero-order valence-electron chi connectivity index (χ0n) is 19.3. The van der Waals surface area contributed by atoms with Crippen molar-refractivity contribution in [3.05, 3.63) is 82.4 Å². The van der Waals surface area contributed by atoms with Gasteiger partial charge in [0.05, 0.1) is 23.5 Å². The van der Waals surface area contributed by atoms with Crippen molar-refractivity contribution in [1.29, 1.82) is 0 Å². The van der Waals surface area contributed by atoms with E-state index in [9.17, 15) is 9.18 Å². The number of halogens is 2. The van der Waals surface area contributed by atoms with Crippen LogP contribution in [0.1, 0.15) is 54.8 Å². The minimum Gasteiger partial charge on any atom is -0.444 e. The topological polar surface area (TPSA) is 56.6 Å². The van der Waals surface area contributed by atoms with Gasteiger partial charge in [-0.05, 0) is 67.2 Å². The fourth-order valence-corrected chi connectivity index (χ4v) is 5.75. The van der Waals surface area contributed by atoms with E-state index in [2.05, 4.69) is 5.10 Å². The monoisotopic (exact) mass is 495 g/mol. The number of hydrogen-bond acceptors (Lipinski definition) is 4. The summed E-state index contributed by atoms with van der Waals surface area (Å²) >= 11 is 6.37. The molecule has 6 rings (SSSR count). The molecule has 35 heavy (non-hydrogen) atoms. The molecule has 1 aliphatic heterocycles. The Kier molecular flexibility index (Phi) is 5.77. The van der Waals surface area contributed by atoms with Crippen LogP contribution in [-0.4, -0.2) is 33.0 Å². The number of amides is 1. The van der Waals surface area contributed by atoms with Crippen molar-refractivity contribution in [2.75, 3.05) is 6.54 Å². The summed E-state index contributed by atoms with van der Waals surface area (Å²) in [7, 11) is 0. The Morgan fingerprint density at radius 2 is 1.94 bits per heavy atom. The van der Waals surface area contributed by atoms with Crippen LogP contribution in [0.25, 0.3) is 5.69 Å². The van der Waals surface area contributed by atoms with Gasteiger partial charge >= 0.3 is 6.09 Å². The van der Waals surface area contributed by atoms with Crippen LogP contribution in [0.3, 0.4) is 0 Å². The van der Waals surface area contributed by atoms with Gasteiger partial charge in [-0.25, -0.2) is 13.9 Å². The van der Waals surface area contributed by atoms with E-state index in [0.29, 0.717) is 23.4 Å². The third kappa shape index (κ3) is 4.21. The van der Waals surface area contributed by atoms with Gasteiger partial charge in [-0.15, -0.1) is 0 Å². The number of ether oxygens (including phenoxy) is 2. The Labute approximate surface area is 208 Å². The van der Waals surface area contributed by atoms with Crippen molar-refractivity contribution in [3.8, 4) is 5.69 Å². The average Bonchev–Trinajstić information content (AvgIpc) is 3.35. The first-order valence-corrected chi connectivity index (χ1v) is 12.6. The molecule has 3 aliphatic rings. The molecule has 182 valence electrons. The van der Waals surface area contributed by atoms with Crippen LogP contribution in [0.5, 0.6) is 0 Å². The van der Waals surface area contributed by atoms with Crippen molar-refractivity contribution < 1.29 is 18.7 Å². The molecule has 0 spiro atoms. The molecule has 2 bridgehead atoms. The lowest BCUT2D eigenvalue weighted by molar-refractivity contribution is -0.136. The zero-order valence-corrected chi connectivity index (χ0v) is 20.1. The summed E-state index contributed by atoms with van der Waals surface area (Å²) in [5, 5.41) is 4.79. The number of carbonyl (C=O) groups excluding carboxylic acids is 1. The number of aromatic nitrogens is 2. The van der Waals surface area contributed by atoms with Crippen molar-refractivity contribution >= 4 is 17.7 Å². The molecule has 2 aromatic carbocycles. The summed E-state index contributed by atoms with van der Waals surface area (Å²) in [6.45, 7) is 1.06. The van der Waals surface area contributed by atoms with Crippen molar-refractivity contribution in [1.82, 2.24) is 14.7 Å². The third-order valence-electron chi connectivity index (χ3n) is 7.45. The number of para-hydroxylation sites is 1. The predicted molar refractivity (Wildman–Crippen MR) is 129 cm³/mol. The van der Waals surface area contributed by atoms with Gasteiger partial charge in [-0.1, -0.05) is 48.0 Å². The van der Waals surface area contributed by atoms with E-state index in [4.69, 9.17) is 21.1 Å². The Balaban J connectivity index is 1.24. The second-order valence-corrected chi connectivity index (χ2v) is 10.2. The molecular formula is C27H27ClFN3O3. The van der Waals surface area contributed by atoms with Crippen LogP contribution in [0.2, 0.25) is 5.02 Å². The Morgan fingerprint density at radius 1 is 1.11 bits per heavy atom. The van der Waals surface area contributed by atoms with Gasteiger partial charge in [0.2, 0.25) is 0 Å². The number of piperidine rings is 1. The van der Waals surface area contributed by atoms with E-state index >= 15 is 0 Å². The van der Waals surface area contributed by atoms with Crippen molar-refractivity contribution in [3.63, 3.8) is 0 Å². The smallest absolute Gasteiger partial charge is 0.412 e. The largest absolute Gasteiger partial charge is 0.444 e. The number of benzene rings is 2. The van der Waals surface area contributed by atoms with Crippen LogP contribution >= 0.6 is 11.6 Å². The molecule has 3 aromatic rings. The fourth-order valence-electron chi connectivity index (χ4n) is 5.51. The molecule has 6 nitrogen and oxygen atoms in total. The molecular weight excluding hydrogens is 469 g/mol. The first-order chi connectivity index (χ1) is 17.0. The number of carbonyl (C=O) groups is 1. The first kappa shape index (κ1) is 22.6.